The summed E-state index contributed by atoms with van der Waals surface area (Å²) in [7, 11) is 1.43. The number of ether oxygens (including phenoxy) is 1. The molecule has 2 aromatic rings. The molecule has 2 aromatic carbocycles. The van der Waals surface area contributed by atoms with Crippen LogP contribution in [-0.2, 0) is 6.42 Å². The van der Waals surface area contributed by atoms with Crippen molar-refractivity contribution in [1.82, 2.24) is 0 Å². The molecule has 0 fully saturated rings. The van der Waals surface area contributed by atoms with Crippen LogP contribution in [0.25, 0.3) is 0 Å². The Morgan fingerprint density at radius 2 is 2.00 bits per heavy atom. The Bertz CT molecular complexity index is 634. The van der Waals surface area contributed by atoms with Crippen molar-refractivity contribution in [2.24, 2.45) is 5.73 Å². The fraction of sp³-hybridized carbons (Fsp3) is 0.250. The smallest absolute Gasteiger partial charge is 0.165 e. The lowest BCUT2D eigenvalue weighted by atomic mass is 9.92. The Hall–Kier alpha value is -1.29. The van der Waals surface area contributed by atoms with Crippen molar-refractivity contribution in [1.29, 1.82) is 0 Å². The van der Waals surface area contributed by atoms with Crippen LogP contribution >= 0.6 is 23.2 Å². The van der Waals surface area contributed by atoms with Gasteiger partial charge in [0.05, 0.1) is 17.2 Å². The molecule has 0 saturated heterocycles. The Morgan fingerprint density at radius 3 is 2.62 bits per heavy atom. The van der Waals surface area contributed by atoms with E-state index in [1.807, 2.05) is 18.2 Å². The molecular formula is C16H16Cl2FNO. The fourth-order valence-corrected chi connectivity index (χ4v) is 2.64. The van der Waals surface area contributed by atoms with Gasteiger partial charge in [0.1, 0.15) is 0 Å². The quantitative estimate of drug-likeness (QED) is 0.881. The van der Waals surface area contributed by atoms with Gasteiger partial charge in [0.15, 0.2) is 11.6 Å². The van der Waals surface area contributed by atoms with Gasteiger partial charge in [-0.15, -0.1) is 0 Å². The zero-order chi connectivity index (χ0) is 15.4. The maximum absolute atomic E-state index is 13.8. The van der Waals surface area contributed by atoms with E-state index < -0.39 is 5.82 Å². The summed E-state index contributed by atoms with van der Waals surface area (Å²) in [6, 6.07) is 10.3. The molecule has 0 saturated carbocycles. The van der Waals surface area contributed by atoms with E-state index in [1.54, 1.807) is 12.1 Å². The topological polar surface area (TPSA) is 35.2 Å². The molecule has 1 atom stereocenters. The second-order valence-electron chi connectivity index (χ2n) is 4.74. The molecule has 0 heterocycles. The van der Waals surface area contributed by atoms with Crippen LogP contribution < -0.4 is 10.5 Å². The Kier molecular flexibility index (Phi) is 5.45. The predicted octanol–water partition coefficient (Wildman–Crippen LogP) is 4.43. The van der Waals surface area contributed by atoms with Crippen LogP contribution in [0.2, 0.25) is 10.0 Å². The average molecular weight is 328 g/mol. The van der Waals surface area contributed by atoms with Crippen molar-refractivity contribution in [3.63, 3.8) is 0 Å². The van der Waals surface area contributed by atoms with E-state index in [0.717, 1.165) is 11.1 Å². The Morgan fingerprint density at radius 1 is 1.24 bits per heavy atom. The van der Waals surface area contributed by atoms with E-state index >= 15 is 0 Å². The van der Waals surface area contributed by atoms with Crippen molar-refractivity contribution >= 4 is 23.2 Å². The standard InChI is InChI=1S/C16H16Cl2FNO/c1-21-15-6-5-10(8-14(15)19)12(9-20)7-11-3-2-4-13(17)16(11)18/h2-6,8,12H,7,9,20H2,1H3. The molecule has 5 heteroatoms. The maximum Gasteiger partial charge on any atom is 0.165 e. The van der Waals surface area contributed by atoms with Gasteiger partial charge in [-0.1, -0.05) is 41.4 Å². The summed E-state index contributed by atoms with van der Waals surface area (Å²) in [4.78, 5) is 0. The van der Waals surface area contributed by atoms with Crippen LogP contribution in [0.4, 0.5) is 4.39 Å². The molecule has 0 aliphatic rings. The van der Waals surface area contributed by atoms with Gasteiger partial charge in [0.25, 0.3) is 0 Å². The van der Waals surface area contributed by atoms with Gasteiger partial charge in [-0.3, -0.25) is 0 Å². The molecule has 0 radical (unpaired) electrons. The highest BCUT2D eigenvalue weighted by molar-refractivity contribution is 6.42. The molecule has 0 spiro atoms. The average Bonchev–Trinajstić information content (AvgIpc) is 2.48. The molecule has 21 heavy (non-hydrogen) atoms. The molecule has 0 aliphatic carbocycles. The van der Waals surface area contributed by atoms with E-state index in [2.05, 4.69) is 0 Å². The van der Waals surface area contributed by atoms with Gasteiger partial charge in [0.2, 0.25) is 0 Å². The highest BCUT2D eigenvalue weighted by Crippen LogP contribution is 2.31. The molecular weight excluding hydrogens is 312 g/mol. The lowest BCUT2D eigenvalue weighted by molar-refractivity contribution is 0.386. The summed E-state index contributed by atoms with van der Waals surface area (Å²) in [6.07, 6.45) is 0.599. The predicted molar refractivity (Wildman–Crippen MR) is 84.9 cm³/mol. The zero-order valence-electron chi connectivity index (χ0n) is 11.6. The minimum Gasteiger partial charge on any atom is -0.494 e. The lowest BCUT2D eigenvalue weighted by Gasteiger charge is -2.17. The molecule has 0 aromatic heterocycles. The van der Waals surface area contributed by atoms with Gasteiger partial charge in [-0.05, 0) is 42.3 Å². The highest BCUT2D eigenvalue weighted by Gasteiger charge is 2.16. The Labute approximate surface area is 133 Å². The minimum absolute atomic E-state index is 0.0404. The molecule has 0 amide bonds. The SMILES string of the molecule is COc1ccc(C(CN)Cc2cccc(Cl)c2Cl)cc1F. The number of nitrogens with two attached hydrogens (primary N) is 1. The third-order valence-corrected chi connectivity index (χ3v) is 4.29. The molecule has 0 bridgehead atoms. The highest BCUT2D eigenvalue weighted by atomic mass is 35.5. The number of rotatable bonds is 5. The van der Waals surface area contributed by atoms with Crippen LogP contribution in [0.3, 0.4) is 0 Å². The molecule has 1 unspecified atom stereocenters. The largest absolute Gasteiger partial charge is 0.494 e. The van der Waals surface area contributed by atoms with E-state index in [4.69, 9.17) is 33.7 Å². The van der Waals surface area contributed by atoms with Gasteiger partial charge in [-0.25, -0.2) is 4.39 Å². The summed E-state index contributed by atoms with van der Waals surface area (Å²) in [5.41, 5.74) is 7.54. The summed E-state index contributed by atoms with van der Waals surface area (Å²) in [6.45, 7) is 0.384. The number of hydrogen-bond acceptors (Lipinski definition) is 2. The second-order valence-corrected chi connectivity index (χ2v) is 5.53. The summed E-state index contributed by atoms with van der Waals surface area (Å²) >= 11 is 12.2. The van der Waals surface area contributed by atoms with Crippen molar-refractivity contribution in [2.75, 3.05) is 13.7 Å². The first-order valence-corrected chi connectivity index (χ1v) is 7.28. The van der Waals surface area contributed by atoms with E-state index in [9.17, 15) is 4.39 Å². The first-order valence-electron chi connectivity index (χ1n) is 6.53. The van der Waals surface area contributed by atoms with Crippen LogP contribution in [0.5, 0.6) is 5.75 Å². The van der Waals surface area contributed by atoms with Crippen molar-refractivity contribution in [3.8, 4) is 5.75 Å². The van der Waals surface area contributed by atoms with E-state index in [-0.39, 0.29) is 11.7 Å². The summed E-state index contributed by atoms with van der Waals surface area (Å²) < 4.78 is 18.7. The van der Waals surface area contributed by atoms with Gasteiger partial charge in [0, 0.05) is 5.92 Å². The third-order valence-electron chi connectivity index (χ3n) is 3.43. The second kappa shape index (κ2) is 7.12. The Balaban J connectivity index is 2.28. The lowest BCUT2D eigenvalue weighted by Crippen LogP contribution is -2.15. The first-order chi connectivity index (χ1) is 10.1. The number of halogens is 3. The van der Waals surface area contributed by atoms with Crippen LogP contribution in [0.1, 0.15) is 17.0 Å². The van der Waals surface area contributed by atoms with Crippen molar-refractivity contribution < 1.29 is 9.13 Å². The van der Waals surface area contributed by atoms with Gasteiger partial charge in [-0.2, -0.15) is 0 Å². The molecule has 0 aliphatic heterocycles. The normalized spacial score (nSPS) is 12.2. The minimum atomic E-state index is -0.398. The van der Waals surface area contributed by atoms with Gasteiger partial charge >= 0.3 is 0 Å². The van der Waals surface area contributed by atoms with Crippen LogP contribution in [-0.4, -0.2) is 13.7 Å². The molecule has 2 rings (SSSR count). The summed E-state index contributed by atoms with van der Waals surface area (Å²) in [5, 5.41) is 1.03. The molecule has 112 valence electrons. The van der Waals surface area contributed by atoms with Gasteiger partial charge < -0.3 is 10.5 Å². The molecule has 2 N–H and O–H groups in total. The number of benzene rings is 2. The van der Waals surface area contributed by atoms with E-state index in [1.165, 1.54) is 13.2 Å². The fourth-order valence-electron chi connectivity index (χ4n) is 2.25. The number of hydrogen-bond donors (Lipinski definition) is 1. The zero-order valence-corrected chi connectivity index (χ0v) is 13.1. The van der Waals surface area contributed by atoms with Crippen molar-refractivity contribution in [3.05, 3.63) is 63.4 Å². The molecule has 2 nitrogen and oxygen atoms in total. The van der Waals surface area contributed by atoms with Crippen LogP contribution in [0.15, 0.2) is 36.4 Å². The maximum atomic E-state index is 13.8. The third kappa shape index (κ3) is 3.67. The monoisotopic (exact) mass is 327 g/mol. The van der Waals surface area contributed by atoms with E-state index in [0.29, 0.717) is 23.0 Å². The van der Waals surface area contributed by atoms with Crippen molar-refractivity contribution in [2.45, 2.75) is 12.3 Å². The van der Waals surface area contributed by atoms with Crippen LogP contribution in [0, 0.1) is 5.82 Å². The summed E-state index contributed by atoms with van der Waals surface area (Å²) in [5.74, 6) is -0.220. The number of methoxy groups -OCH3 is 1. The first kappa shape index (κ1) is 16.1.